The van der Waals surface area contributed by atoms with Gasteiger partial charge in [-0.25, -0.2) is 4.39 Å². The highest BCUT2D eigenvalue weighted by molar-refractivity contribution is 5.99. The third-order valence-corrected chi connectivity index (χ3v) is 4.80. The minimum Gasteiger partial charge on any atom is -0.348 e. The molecule has 0 saturated heterocycles. The molecule has 0 fully saturated rings. The van der Waals surface area contributed by atoms with E-state index in [1.807, 2.05) is 18.3 Å². The van der Waals surface area contributed by atoms with Gasteiger partial charge in [-0.1, -0.05) is 48.0 Å². The topological polar surface area (TPSA) is 42.0 Å². The molecule has 0 aliphatic rings. The smallest absolute Gasteiger partial charge is 0.251 e. The van der Waals surface area contributed by atoms with Crippen molar-refractivity contribution in [3.8, 4) is 11.1 Å². The van der Waals surface area contributed by atoms with E-state index in [4.69, 9.17) is 0 Å². The van der Waals surface area contributed by atoms with Crippen LogP contribution in [0.5, 0.6) is 0 Å². The quantitative estimate of drug-likeness (QED) is 0.531. The van der Waals surface area contributed by atoms with Gasteiger partial charge in [0, 0.05) is 29.9 Å². The van der Waals surface area contributed by atoms with Crippen molar-refractivity contribution in [2.45, 2.75) is 13.5 Å². The molecule has 0 aliphatic carbocycles. The molecule has 4 heteroatoms. The number of benzene rings is 3. The van der Waals surface area contributed by atoms with E-state index in [9.17, 15) is 9.18 Å². The van der Waals surface area contributed by atoms with E-state index in [0.717, 1.165) is 27.5 Å². The summed E-state index contributed by atoms with van der Waals surface area (Å²) >= 11 is 0. The van der Waals surface area contributed by atoms with E-state index >= 15 is 0 Å². The van der Waals surface area contributed by atoms with E-state index in [-0.39, 0.29) is 5.91 Å². The molecule has 138 valence electrons. The minimum atomic E-state index is -0.426. The summed E-state index contributed by atoms with van der Waals surface area (Å²) in [5.74, 6) is -0.732. The summed E-state index contributed by atoms with van der Waals surface area (Å²) in [6, 6.07) is 20.1. The van der Waals surface area contributed by atoms with Gasteiger partial charge < -0.3 is 5.32 Å². The first-order chi connectivity index (χ1) is 13.6. The number of rotatable bonds is 4. The van der Waals surface area contributed by atoms with Crippen LogP contribution < -0.4 is 5.32 Å². The Bertz CT molecular complexity index is 1150. The number of nitrogens with one attached hydrogen (secondary N) is 1. The van der Waals surface area contributed by atoms with E-state index in [2.05, 4.69) is 47.6 Å². The molecule has 4 aromatic rings. The highest BCUT2D eigenvalue weighted by Crippen LogP contribution is 2.30. The molecule has 0 spiro atoms. The lowest BCUT2D eigenvalue weighted by atomic mass is 9.95. The van der Waals surface area contributed by atoms with Crippen LogP contribution in [-0.4, -0.2) is 10.9 Å². The van der Waals surface area contributed by atoms with Crippen LogP contribution in [0.4, 0.5) is 4.39 Å². The highest BCUT2D eigenvalue weighted by Gasteiger charge is 2.10. The van der Waals surface area contributed by atoms with Crippen molar-refractivity contribution in [3.63, 3.8) is 0 Å². The first-order valence-electron chi connectivity index (χ1n) is 9.08. The Morgan fingerprint density at radius 3 is 2.61 bits per heavy atom. The molecular weight excluding hydrogens is 351 g/mol. The summed E-state index contributed by atoms with van der Waals surface area (Å²) in [7, 11) is 0. The summed E-state index contributed by atoms with van der Waals surface area (Å²) in [6.45, 7) is 2.40. The molecule has 1 N–H and O–H groups in total. The zero-order valence-electron chi connectivity index (χ0n) is 15.4. The second-order valence-corrected chi connectivity index (χ2v) is 6.75. The van der Waals surface area contributed by atoms with Crippen LogP contribution in [0.15, 0.2) is 79.1 Å². The van der Waals surface area contributed by atoms with Crippen molar-refractivity contribution in [1.29, 1.82) is 0 Å². The van der Waals surface area contributed by atoms with E-state index in [1.165, 1.54) is 23.8 Å². The first kappa shape index (κ1) is 17.9. The molecule has 3 nitrogen and oxygen atoms in total. The molecule has 4 rings (SSSR count). The van der Waals surface area contributed by atoms with Crippen molar-refractivity contribution in [1.82, 2.24) is 10.3 Å². The van der Waals surface area contributed by atoms with Crippen molar-refractivity contribution in [2.24, 2.45) is 0 Å². The van der Waals surface area contributed by atoms with Crippen molar-refractivity contribution in [2.75, 3.05) is 0 Å². The normalized spacial score (nSPS) is 10.8. The summed E-state index contributed by atoms with van der Waals surface area (Å²) in [6.07, 6.45) is 3.59. The summed E-state index contributed by atoms with van der Waals surface area (Å²) in [5.41, 5.74) is 4.74. The summed E-state index contributed by atoms with van der Waals surface area (Å²) in [5, 5.41) is 4.93. The number of halogens is 1. The van der Waals surface area contributed by atoms with Crippen LogP contribution in [-0.2, 0) is 6.54 Å². The standard InChI is InChI=1S/C24H19FN2O/c1-16-5-7-17(8-6-16)21-10-9-19(23-15-26-12-11-22(21)23)14-27-24(28)18-3-2-4-20(25)13-18/h2-13,15H,14H2,1H3,(H,27,28). The van der Waals surface area contributed by atoms with Crippen molar-refractivity contribution < 1.29 is 9.18 Å². The van der Waals surface area contributed by atoms with Crippen molar-refractivity contribution >= 4 is 16.7 Å². The van der Waals surface area contributed by atoms with Crippen molar-refractivity contribution in [3.05, 3.63) is 102 Å². The Kier molecular flexibility index (Phi) is 4.85. The molecule has 0 atom stereocenters. The van der Waals surface area contributed by atoms with Crippen LogP contribution >= 0.6 is 0 Å². The number of amides is 1. The zero-order valence-corrected chi connectivity index (χ0v) is 15.4. The number of fused-ring (bicyclic) bond motifs is 1. The number of carbonyl (C=O) groups excluding carboxylic acids is 1. The Morgan fingerprint density at radius 2 is 1.82 bits per heavy atom. The number of aromatic nitrogens is 1. The Balaban J connectivity index is 1.64. The van der Waals surface area contributed by atoms with E-state index in [1.54, 1.807) is 12.3 Å². The minimum absolute atomic E-state index is 0.304. The number of pyridine rings is 1. The molecule has 0 bridgehead atoms. The van der Waals surface area contributed by atoms with Gasteiger partial charge in [-0.15, -0.1) is 0 Å². The maximum atomic E-state index is 13.3. The van der Waals surface area contributed by atoms with E-state index in [0.29, 0.717) is 12.1 Å². The molecule has 28 heavy (non-hydrogen) atoms. The molecule has 0 unspecified atom stereocenters. The molecule has 0 radical (unpaired) electrons. The molecule has 0 saturated carbocycles. The average Bonchev–Trinajstić information content (AvgIpc) is 2.72. The molecule has 1 heterocycles. The van der Waals surface area contributed by atoms with Gasteiger partial charge in [-0.3, -0.25) is 9.78 Å². The van der Waals surface area contributed by atoms with Gasteiger partial charge in [-0.05, 0) is 53.3 Å². The number of carbonyl (C=O) groups is 1. The fraction of sp³-hybridized carbons (Fsp3) is 0.0833. The highest BCUT2D eigenvalue weighted by atomic mass is 19.1. The Labute approximate surface area is 162 Å². The van der Waals surface area contributed by atoms with Gasteiger partial charge in [0.2, 0.25) is 0 Å². The predicted molar refractivity (Wildman–Crippen MR) is 109 cm³/mol. The van der Waals surface area contributed by atoms with Crippen LogP contribution in [0.3, 0.4) is 0 Å². The molecular formula is C24H19FN2O. The third-order valence-electron chi connectivity index (χ3n) is 4.80. The van der Waals surface area contributed by atoms with Crippen LogP contribution in [0, 0.1) is 12.7 Å². The van der Waals surface area contributed by atoms with Crippen LogP contribution in [0.1, 0.15) is 21.5 Å². The molecule has 1 aromatic heterocycles. The average molecular weight is 370 g/mol. The molecule has 1 amide bonds. The maximum Gasteiger partial charge on any atom is 0.251 e. The molecule has 0 aliphatic heterocycles. The SMILES string of the molecule is Cc1ccc(-c2ccc(CNC(=O)c3cccc(F)c3)c3cnccc23)cc1. The number of aryl methyl sites for hydroxylation is 1. The second-order valence-electron chi connectivity index (χ2n) is 6.75. The number of nitrogens with zero attached hydrogens (tertiary/aromatic N) is 1. The summed E-state index contributed by atoms with van der Waals surface area (Å²) < 4.78 is 13.3. The van der Waals surface area contributed by atoms with E-state index < -0.39 is 5.82 Å². The largest absolute Gasteiger partial charge is 0.348 e. The maximum absolute atomic E-state index is 13.3. The zero-order chi connectivity index (χ0) is 19.5. The lowest BCUT2D eigenvalue weighted by Crippen LogP contribution is -2.23. The van der Waals surface area contributed by atoms with Gasteiger partial charge in [-0.2, -0.15) is 0 Å². The fourth-order valence-corrected chi connectivity index (χ4v) is 3.29. The fourth-order valence-electron chi connectivity index (χ4n) is 3.29. The lowest BCUT2D eigenvalue weighted by Gasteiger charge is -2.12. The Morgan fingerprint density at radius 1 is 1.00 bits per heavy atom. The molecule has 3 aromatic carbocycles. The van der Waals surface area contributed by atoms with Gasteiger partial charge in [0.1, 0.15) is 5.82 Å². The predicted octanol–water partition coefficient (Wildman–Crippen LogP) is 5.28. The lowest BCUT2D eigenvalue weighted by molar-refractivity contribution is 0.0950. The third kappa shape index (κ3) is 3.62. The second kappa shape index (κ2) is 7.61. The van der Waals surface area contributed by atoms with Gasteiger partial charge in [0.05, 0.1) is 0 Å². The summed E-state index contributed by atoms with van der Waals surface area (Å²) in [4.78, 5) is 16.6. The van der Waals surface area contributed by atoms with Crippen LogP contribution in [0.2, 0.25) is 0 Å². The number of hydrogen-bond acceptors (Lipinski definition) is 2. The van der Waals surface area contributed by atoms with Gasteiger partial charge in [0.15, 0.2) is 0 Å². The van der Waals surface area contributed by atoms with Gasteiger partial charge >= 0.3 is 0 Å². The first-order valence-corrected chi connectivity index (χ1v) is 9.08. The Hall–Kier alpha value is -3.53. The van der Waals surface area contributed by atoms with Gasteiger partial charge in [0.25, 0.3) is 5.91 Å². The number of hydrogen-bond donors (Lipinski definition) is 1. The monoisotopic (exact) mass is 370 g/mol. The van der Waals surface area contributed by atoms with Crippen LogP contribution in [0.25, 0.3) is 21.9 Å².